The van der Waals surface area contributed by atoms with E-state index in [1.54, 1.807) is 0 Å². The number of allylic oxidation sites excluding steroid dienone is 1. The average Bonchev–Trinajstić information content (AvgIpc) is 3.08. The summed E-state index contributed by atoms with van der Waals surface area (Å²) in [6, 6.07) is 2.03. The molecule has 0 saturated carbocycles. The SMILES string of the molecule is C=C(C)[C@@H]1CCC2=C[C@@H](OC2=O)C(=C(C)C)c2cc(C)c(o2)[C@H]1OCC. The van der Waals surface area contributed by atoms with Crippen molar-refractivity contribution in [3.63, 3.8) is 0 Å². The summed E-state index contributed by atoms with van der Waals surface area (Å²) in [5.74, 6) is 1.45. The molecule has 0 spiro atoms. The molecule has 0 saturated heterocycles. The van der Waals surface area contributed by atoms with Crippen LogP contribution in [0.25, 0.3) is 5.57 Å². The summed E-state index contributed by atoms with van der Waals surface area (Å²) in [5, 5.41) is 0. The van der Waals surface area contributed by atoms with Gasteiger partial charge in [-0.05, 0) is 65.2 Å². The third-order valence-electron chi connectivity index (χ3n) is 5.22. The van der Waals surface area contributed by atoms with Gasteiger partial charge in [-0.2, -0.15) is 0 Å². The van der Waals surface area contributed by atoms with Crippen molar-refractivity contribution in [2.24, 2.45) is 5.92 Å². The van der Waals surface area contributed by atoms with Crippen LogP contribution in [0.4, 0.5) is 0 Å². The molecule has 1 aromatic heterocycles. The third-order valence-corrected chi connectivity index (χ3v) is 5.22. The quantitative estimate of drug-likeness (QED) is 0.545. The fourth-order valence-corrected chi connectivity index (χ4v) is 3.91. The molecule has 0 amide bonds. The van der Waals surface area contributed by atoms with E-state index in [1.807, 2.05) is 46.8 Å². The highest BCUT2D eigenvalue weighted by Gasteiger charge is 2.36. The van der Waals surface area contributed by atoms with Crippen LogP contribution in [0.15, 0.2) is 39.9 Å². The Morgan fingerprint density at radius 1 is 1.35 bits per heavy atom. The molecular formula is C22H28O4. The van der Waals surface area contributed by atoms with Crippen molar-refractivity contribution in [1.29, 1.82) is 0 Å². The molecule has 0 aromatic carbocycles. The highest BCUT2D eigenvalue weighted by molar-refractivity contribution is 5.93. The van der Waals surface area contributed by atoms with E-state index in [1.165, 1.54) is 0 Å². The predicted octanol–water partition coefficient (Wildman–Crippen LogP) is 5.30. The molecule has 2 aliphatic rings. The van der Waals surface area contributed by atoms with Crippen LogP contribution in [0.3, 0.4) is 0 Å². The lowest BCUT2D eigenvalue weighted by molar-refractivity contribution is -0.138. The number of hydrogen-bond acceptors (Lipinski definition) is 4. The van der Waals surface area contributed by atoms with E-state index in [4.69, 9.17) is 13.9 Å². The first-order valence-electron chi connectivity index (χ1n) is 9.30. The van der Waals surface area contributed by atoms with Gasteiger partial charge in [-0.3, -0.25) is 0 Å². The fourth-order valence-electron chi connectivity index (χ4n) is 3.91. The first-order chi connectivity index (χ1) is 12.3. The van der Waals surface area contributed by atoms with E-state index < -0.39 is 0 Å². The Kier molecular flexibility index (Phi) is 5.24. The minimum Gasteiger partial charge on any atom is -0.458 e. The normalized spacial score (nSPS) is 25.4. The molecule has 140 valence electrons. The van der Waals surface area contributed by atoms with Crippen molar-refractivity contribution < 1.29 is 18.7 Å². The second-order valence-corrected chi connectivity index (χ2v) is 7.46. The van der Waals surface area contributed by atoms with Gasteiger partial charge in [0, 0.05) is 23.7 Å². The molecule has 4 bridgehead atoms. The lowest BCUT2D eigenvalue weighted by atomic mass is 9.86. The van der Waals surface area contributed by atoms with E-state index in [-0.39, 0.29) is 24.1 Å². The number of carbonyl (C=O) groups excluding carboxylic acids is 1. The van der Waals surface area contributed by atoms with Crippen LogP contribution in [-0.4, -0.2) is 18.7 Å². The smallest absolute Gasteiger partial charge is 0.334 e. The van der Waals surface area contributed by atoms with Gasteiger partial charge in [-0.15, -0.1) is 0 Å². The van der Waals surface area contributed by atoms with Crippen molar-refractivity contribution in [2.45, 2.75) is 59.7 Å². The van der Waals surface area contributed by atoms with Crippen molar-refractivity contribution in [3.05, 3.63) is 52.5 Å². The van der Waals surface area contributed by atoms with Gasteiger partial charge in [0.05, 0.1) is 0 Å². The van der Waals surface area contributed by atoms with Crippen molar-refractivity contribution >= 4 is 11.5 Å². The van der Waals surface area contributed by atoms with Crippen LogP contribution in [0.2, 0.25) is 0 Å². The first kappa shape index (κ1) is 18.7. The molecular weight excluding hydrogens is 328 g/mol. The summed E-state index contributed by atoms with van der Waals surface area (Å²) in [7, 11) is 0. The van der Waals surface area contributed by atoms with Gasteiger partial charge in [0.15, 0.2) is 0 Å². The lowest BCUT2D eigenvalue weighted by Crippen LogP contribution is -2.19. The van der Waals surface area contributed by atoms with E-state index >= 15 is 0 Å². The van der Waals surface area contributed by atoms with Crippen LogP contribution in [0.5, 0.6) is 0 Å². The van der Waals surface area contributed by atoms with Crippen LogP contribution in [0.1, 0.15) is 63.7 Å². The molecule has 3 rings (SSSR count). The highest BCUT2D eigenvalue weighted by Crippen LogP contribution is 2.42. The molecule has 1 aromatic rings. The van der Waals surface area contributed by atoms with E-state index in [0.717, 1.165) is 45.8 Å². The van der Waals surface area contributed by atoms with Crippen LogP contribution < -0.4 is 0 Å². The topological polar surface area (TPSA) is 48.7 Å². The Labute approximate surface area is 155 Å². The first-order valence-corrected chi connectivity index (χ1v) is 9.30. The number of carbonyl (C=O) groups is 1. The molecule has 26 heavy (non-hydrogen) atoms. The fraction of sp³-hybridized carbons (Fsp3) is 0.500. The molecule has 0 aliphatic carbocycles. The van der Waals surface area contributed by atoms with Crippen LogP contribution >= 0.6 is 0 Å². The average molecular weight is 356 g/mol. The maximum Gasteiger partial charge on any atom is 0.334 e. The van der Waals surface area contributed by atoms with Gasteiger partial charge < -0.3 is 13.9 Å². The van der Waals surface area contributed by atoms with Gasteiger partial charge >= 0.3 is 5.97 Å². The molecule has 0 unspecified atom stereocenters. The van der Waals surface area contributed by atoms with Crippen molar-refractivity contribution in [2.75, 3.05) is 6.61 Å². The monoisotopic (exact) mass is 356 g/mol. The van der Waals surface area contributed by atoms with Crippen molar-refractivity contribution in [3.8, 4) is 0 Å². The zero-order chi connectivity index (χ0) is 19.0. The number of esters is 1. The lowest BCUT2D eigenvalue weighted by Gasteiger charge is -2.27. The maximum atomic E-state index is 12.4. The second-order valence-electron chi connectivity index (χ2n) is 7.46. The number of hydrogen-bond donors (Lipinski definition) is 0. The molecule has 4 nitrogen and oxygen atoms in total. The second kappa shape index (κ2) is 7.28. The Morgan fingerprint density at radius 2 is 2.08 bits per heavy atom. The molecule has 0 radical (unpaired) electrons. The number of aryl methyl sites for hydroxylation is 1. The van der Waals surface area contributed by atoms with Gasteiger partial charge in [0.25, 0.3) is 0 Å². The van der Waals surface area contributed by atoms with Gasteiger partial charge in [0.1, 0.15) is 23.7 Å². The zero-order valence-corrected chi connectivity index (χ0v) is 16.3. The maximum absolute atomic E-state index is 12.4. The summed E-state index contributed by atoms with van der Waals surface area (Å²) >= 11 is 0. The van der Waals surface area contributed by atoms with Gasteiger partial charge in [-0.1, -0.05) is 17.7 Å². The Morgan fingerprint density at radius 3 is 2.69 bits per heavy atom. The predicted molar refractivity (Wildman–Crippen MR) is 102 cm³/mol. The Balaban J connectivity index is 2.19. The summed E-state index contributed by atoms with van der Waals surface area (Å²) in [6.45, 7) is 14.8. The Hall–Kier alpha value is -2.07. The zero-order valence-electron chi connectivity index (χ0n) is 16.3. The van der Waals surface area contributed by atoms with Gasteiger partial charge in [0.2, 0.25) is 0 Å². The van der Waals surface area contributed by atoms with Gasteiger partial charge in [-0.25, -0.2) is 4.79 Å². The summed E-state index contributed by atoms with van der Waals surface area (Å²) in [5.41, 5.74) is 4.82. The van der Waals surface area contributed by atoms with E-state index in [0.29, 0.717) is 13.0 Å². The molecule has 0 fully saturated rings. The molecule has 3 atom stereocenters. The number of furan rings is 1. The highest BCUT2D eigenvalue weighted by atomic mass is 16.5. The minimum atomic E-state index is -0.382. The minimum absolute atomic E-state index is 0.0775. The summed E-state index contributed by atoms with van der Waals surface area (Å²) in [6.07, 6.45) is 2.79. The number of ether oxygens (including phenoxy) is 2. The molecule has 0 N–H and O–H groups in total. The van der Waals surface area contributed by atoms with E-state index in [2.05, 4.69) is 6.58 Å². The van der Waals surface area contributed by atoms with E-state index in [9.17, 15) is 4.79 Å². The van der Waals surface area contributed by atoms with Crippen molar-refractivity contribution in [1.82, 2.24) is 0 Å². The number of fused-ring (bicyclic) bond motifs is 3. The molecule has 3 heterocycles. The summed E-state index contributed by atoms with van der Waals surface area (Å²) in [4.78, 5) is 12.4. The summed E-state index contributed by atoms with van der Waals surface area (Å²) < 4.78 is 18.1. The van der Waals surface area contributed by atoms with Crippen LogP contribution in [-0.2, 0) is 14.3 Å². The largest absolute Gasteiger partial charge is 0.458 e. The third kappa shape index (κ3) is 3.30. The number of rotatable bonds is 3. The standard InChI is InChI=1S/C22H28O4/c1-7-24-21-16(12(2)3)9-8-15-11-18(26-22(15)23)19(13(4)5)17-10-14(6)20(21)25-17/h10-11,16,18,21H,2,7-9H2,1,3-6H3/t16-,18+,21-/m0/s1. The Bertz CT molecular complexity index is 789. The molecule has 4 heteroatoms. The van der Waals surface area contributed by atoms with Crippen LogP contribution in [0, 0.1) is 12.8 Å². The molecule has 2 aliphatic heterocycles.